The summed E-state index contributed by atoms with van der Waals surface area (Å²) in [5.74, 6) is -1.39. The van der Waals surface area contributed by atoms with Crippen molar-refractivity contribution in [3.8, 4) is 0 Å². The molecule has 19 heavy (non-hydrogen) atoms. The van der Waals surface area contributed by atoms with Crippen molar-refractivity contribution in [2.75, 3.05) is 0 Å². The molecular weight excluding hydrogens is 250 g/mol. The maximum atomic E-state index is 12.2. The Hall–Kier alpha value is -2.89. The molecule has 0 aliphatic carbocycles. The largest absolute Gasteiger partial charge is 0.477 e. The number of aromatic carboxylic acids is 1. The first kappa shape index (κ1) is 11.2. The molecule has 0 unspecified atom stereocenters. The lowest BCUT2D eigenvalue weighted by atomic mass is 10.1. The van der Waals surface area contributed by atoms with Gasteiger partial charge in [-0.2, -0.15) is 0 Å². The van der Waals surface area contributed by atoms with Crippen molar-refractivity contribution in [2.45, 2.75) is 0 Å². The normalized spacial score (nSPS) is 10.9. The quantitative estimate of drug-likeness (QED) is 0.640. The number of aromatic amines is 1. The summed E-state index contributed by atoms with van der Waals surface area (Å²) < 4.78 is 5.39. The van der Waals surface area contributed by atoms with E-state index < -0.39 is 22.4 Å². The second-order valence-corrected chi connectivity index (χ2v) is 3.97. The van der Waals surface area contributed by atoms with E-state index in [-0.39, 0.29) is 16.5 Å². The van der Waals surface area contributed by atoms with Crippen LogP contribution in [0.5, 0.6) is 0 Å². The van der Waals surface area contributed by atoms with Crippen LogP contribution in [0.15, 0.2) is 44.5 Å². The molecule has 6 heteroatoms. The molecule has 0 atom stereocenters. The maximum Gasteiger partial charge on any atom is 0.341 e. The highest BCUT2D eigenvalue weighted by molar-refractivity contribution is 5.94. The van der Waals surface area contributed by atoms with E-state index in [1.54, 1.807) is 18.2 Å². The maximum absolute atomic E-state index is 12.2. The molecule has 6 nitrogen and oxygen atoms in total. The lowest BCUT2D eigenvalue weighted by Gasteiger charge is -2.01. The van der Waals surface area contributed by atoms with Gasteiger partial charge in [0.05, 0.1) is 5.39 Å². The Morgan fingerprint density at radius 1 is 1.16 bits per heavy atom. The first-order chi connectivity index (χ1) is 9.09. The molecule has 2 N–H and O–H groups in total. The van der Waals surface area contributed by atoms with E-state index in [1.165, 1.54) is 6.07 Å². The fourth-order valence-corrected chi connectivity index (χ4v) is 1.95. The number of para-hydroxylation sites is 1. The van der Waals surface area contributed by atoms with Gasteiger partial charge in [0.25, 0.3) is 0 Å². The van der Waals surface area contributed by atoms with Gasteiger partial charge in [-0.3, -0.25) is 9.59 Å². The molecule has 0 aliphatic rings. The van der Waals surface area contributed by atoms with Gasteiger partial charge in [-0.25, -0.2) is 4.79 Å². The molecule has 2 aromatic heterocycles. The Balaban J connectivity index is 2.61. The van der Waals surface area contributed by atoms with Gasteiger partial charge in [-0.1, -0.05) is 12.1 Å². The third-order valence-electron chi connectivity index (χ3n) is 2.85. The van der Waals surface area contributed by atoms with Crippen LogP contribution in [-0.4, -0.2) is 16.1 Å². The van der Waals surface area contributed by atoms with Crippen LogP contribution in [0.4, 0.5) is 0 Å². The summed E-state index contributed by atoms with van der Waals surface area (Å²) in [6.45, 7) is 0. The molecule has 1 aromatic carbocycles. The monoisotopic (exact) mass is 257 g/mol. The molecule has 0 fully saturated rings. The van der Waals surface area contributed by atoms with Gasteiger partial charge in [-0.05, 0) is 12.1 Å². The summed E-state index contributed by atoms with van der Waals surface area (Å²) in [4.78, 5) is 37.6. The van der Waals surface area contributed by atoms with Crippen molar-refractivity contribution in [3.05, 3.63) is 56.5 Å². The number of nitrogens with one attached hydrogen (secondary N) is 1. The van der Waals surface area contributed by atoms with Crippen molar-refractivity contribution in [3.63, 3.8) is 0 Å². The Kier molecular flexibility index (Phi) is 2.25. The van der Waals surface area contributed by atoms with Gasteiger partial charge in [0, 0.05) is 6.20 Å². The standard InChI is InChI=1S/C13H7NO5/c15-10-6-3-1-2-4-8(6)19-12-9(10)11(16)7(5-14-12)13(17)18/h1-5H,(H,14,16)(H,17,18). The van der Waals surface area contributed by atoms with Crippen molar-refractivity contribution in [1.82, 2.24) is 4.98 Å². The van der Waals surface area contributed by atoms with E-state index in [4.69, 9.17) is 9.52 Å². The summed E-state index contributed by atoms with van der Waals surface area (Å²) in [7, 11) is 0. The summed E-state index contributed by atoms with van der Waals surface area (Å²) in [5, 5.41) is 8.84. The third kappa shape index (κ3) is 1.54. The number of carboxylic acids is 1. The van der Waals surface area contributed by atoms with E-state index >= 15 is 0 Å². The number of fused-ring (bicyclic) bond motifs is 2. The highest BCUT2D eigenvalue weighted by Crippen LogP contribution is 2.14. The minimum Gasteiger partial charge on any atom is -0.477 e. The average Bonchev–Trinajstić information content (AvgIpc) is 2.38. The van der Waals surface area contributed by atoms with Crippen molar-refractivity contribution in [1.29, 1.82) is 0 Å². The Morgan fingerprint density at radius 3 is 2.63 bits per heavy atom. The van der Waals surface area contributed by atoms with Crippen LogP contribution < -0.4 is 10.9 Å². The third-order valence-corrected chi connectivity index (χ3v) is 2.85. The number of hydrogen-bond acceptors (Lipinski definition) is 4. The van der Waals surface area contributed by atoms with Crippen LogP contribution in [0, 0.1) is 0 Å². The topological polar surface area (TPSA) is 100 Å². The predicted molar refractivity (Wildman–Crippen MR) is 67.6 cm³/mol. The summed E-state index contributed by atoms with van der Waals surface area (Å²) >= 11 is 0. The van der Waals surface area contributed by atoms with Crippen molar-refractivity contribution in [2.24, 2.45) is 0 Å². The molecule has 3 rings (SSSR count). The van der Waals surface area contributed by atoms with Crippen LogP contribution in [0.25, 0.3) is 22.1 Å². The number of H-pyrrole nitrogens is 1. The van der Waals surface area contributed by atoms with Gasteiger partial charge in [0.1, 0.15) is 16.5 Å². The number of carbonyl (C=O) groups is 1. The highest BCUT2D eigenvalue weighted by atomic mass is 16.4. The zero-order valence-electron chi connectivity index (χ0n) is 9.47. The lowest BCUT2D eigenvalue weighted by molar-refractivity contribution is 0.0695. The van der Waals surface area contributed by atoms with Crippen LogP contribution in [0.3, 0.4) is 0 Å². The van der Waals surface area contributed by atoms with E-state index in [0.29, 0.717) is 5.58 Å². The van der Waals surface area contributed by atoms with E-state index in [1.807, 2.05) is 0 Å². The van der Waals surface area contributed by atoms with Gasteiger partial charge in [-0.15, -0.1) is 0 Å². The molecule has 0 saturated heterocycles. The number of aromatic nitrogens is 1. The van der Waals surface area contributed by atoms with Crippen LogP contribution in [-0.2, 0) is 0 Å². The number of pyridine rings is 1. The summed E-state index contributed by atoms with van der Waals surface area (Å²) in [6, 6.07) is 6.45. The SMILES string of the molecule is O=C(O)c1c[nH]c2oc3ccccc3c(=O)c2c1=O. The van der Waals surface area contributed by atoms with Gasteiger partial charge >= 0.3 is 5.97 Å². The first-order valence-electron chi connectivity index (χ1n) is 5.40. The van der Waals surface area contributed by atoms with E-state index in [2.05, 4.69) is 4.98 Å². The second-order valence-electron chi connectivity index (χ2n) is 3.97. The fraction of sp³-hybridized carbons (Fsp3) is 0. The first-order valence-corrected chi connectivity index (χ1v) is 5.40. The second kappa shape index (κ2) is 3.81. The fourth-order valence-electron chi connectivity index (χ4n) is 1.95. The Bertz CT molecular complexity index is 935. The van der Waals surface area contributed by atoms with Gasteiger partial charge in [0.15, 0.2) is 0 Å². The predicted octanol–water partition coefficient (Wildman–Crippen LogP) is 1.33. The van der Waals surface area contributed by atoms with E-state index in [9.17, 15) is 14.4 Å². The van der Waals surface area contributed by atoms with E-state index in [0.717, 1.165) is 6.20 Å². The lowest BCUT2D eigenvalue weighted by Crippen LogP contribution is -2.21. The molecule has 0 radical (unpaired) electrons. The summed E-state index contributed by atoms with van der Waals surface area (Å²) in [5.41, 5.74) is -1.57. The Labute approximate surface area is 104 Å². The summed E-state index contributed by atoms with van der Waals surface area (Å²) in [6.07, 6.45) is 1.02. The van der Waals surface area contributed by atoms with Gasteiger partial charge in [0.2, 0.25) is 16.6 Å². The molecule has 0 aliphatic heterocycles. The molecule has 0 saturated carbocycles. The highest BCUT2D eigenvalue weighted by Gasteiger charge is 2.16. The Morgan fingerprint density at radius 2 is 1.89 bits per heavy atom. The van der Waals surface area contributed by atoms with Gasteiger partial charge < -0.3 is 14.5 Å². The molecule has 2 heterocycles. The van der Waals surface area contributed by atoms with Crippen molar-refractivity contribution >= 4 is 28.0 Å². The molecule has 0 bridgehead atoms. The molecular formula is C13H7NO5. The molecule has 0 amide bonds. The number of benzene rings is 1. The minimum absolute atomic E-state index is 0.0290. The number of carboxylic acid groups (broad SMARTS) is 1. The van der Waals surface area contributed by atoms with Crippen LogP contribution >= 0.6 is 0 Å². The van der Waals surface area contributed by atoms with Crippen molar-refractivity contribution < 1.29 is 14.3 Å². The molecule has 3 aromatic rings. The number of hydrogen-bond donors (Lipinski definition) is 2. The number of rotatable bonds is 1. The average molecular weight is 257 g/mol. The van der Waals surface area contributed by atoms with Crippen LogP contribution in [0.1, 0.15) is 10.4 Å². The molecule has 0 spiro atoms. The van der Waals surface area contributed by atoms with Crippen LogP contribution in [0.2, 0.25) is 0 Å². The zero-order chi connectivity index (χ0) is 13.6. The zero-order valence-corrected chi connectivity index (χ0v) is 9.47. The minimum atomic E-state index is -1.39. The molecule has 94 valence electrons. The smallest absolute Gasteiger partial charge is 0.341 e.